The number of fused-ring (bicyclic) bond motifs is 1. The van der Waals surface area contributed by atoms with Crippen molar-refractivity contribution in [3.05, 3.63) is 23.8 Å². The van der Waals surface area contributed by atoms with Gasteiger partial charge in [0.2, 0.25) is 15.9 Å². The summed E-state index contributed by atoms with van der Waals surface area (Å²) in [5, 5.41) is 19.1. The number of hydrogen-bond donors (Lipinski definition) is 2. The predicted molar refractivity (Wildman–Crippen MR) is 119 cm³/mol. The Balaban J connectivity index is 2.55. The minimum atomic E-state index is -3.96. The van der Waals surface area contributed by atoms with Crippen molar-refractivity contribution in [2.45, 2.75) is 43.9 Å². The molecule has 0 unspecified atom stereocenters. The second-order valence-electron chi connectivity index (χ2n) is 8.05. The fourth-order valence-electron chi connectivity index (χ4n) is 3.31. The van der Waals surface area contributed by atoms with E-state index in [0.29, 0.717) is 5.56 Å². The third-order valence-electron chi connectivity index (χ3n) is 5.24. The fourth-order valence-corrected chi connectivity index (χ4v) is 5.14. The maximum atomic E-state index is 13.4. The van der Waals surface area contributed by atoms with Gasteiger partial charge in [0.05, 0.1) is 13.2 Å². The zero-order chi connectivity index (χ0) is 24.1. The highest BCUT2D eigenvalue weighted by Crippen LogP contribution is 2.34. The smallest absolute Gasteiger partial charge is 0.248 e. The molecule has 1 aromatic rings. The molecule has 0 aromatic heterocycles. The van der Waals surface area contributed by atoms with Crippen LogP contribution >= 0.6 is 0 Å². The Morgan fingerprint density at radius 2 is 2.09 bits per heavy atom. The molecule has 2 rings (SSSR count). The second-order valence-corrected chi connectivity index (χ2v) is 9.91. The molecule has 0 spiro atoms. The van der Waals surface area contributed by atoms with Crippen LogP contribution in [0, 0.1) is 17.8 Å². The van der Waals surface area contributed by atoms with Crippen LogP contribution in [0.15, 0.2) is 23.1 Å². The summed E-state index contributed by atoms with van der Waals surface area (Å²) in [6.07, 6.45) is -1.36. The first-order valence-corrected chi connectivity index (χ1v) is 11.8. The molecule has 32 heavy (non-hydrogen) atoms. The minimum Gasteiger partial charge on any atom is -0.487 e. The fraction of sp³-hybridized carbons (Fsp3) is 0.591. The van der Waals surface area contributed by atoms with Gasteiger partial charge in [0.1, 0.15) is 29.5 Å². The lowest BCUT2D eigenvalue weighted by molar-refractivity contribution is -0.135. The SMILES string of the molecule is COCC(=O)N(C)C[C@H]1Oc2cc(C#C[C@H](C)O)ccc2S(=O)(=O)N([C@H](C)CO)C[C@H]1C. The van der Waals surface area contributed by atoms with E-state index in [1.807, 2.05) is 6.92 Å². The standard InChI is InChI=1S/C22H32N2O7S/c1-15-11-24(16(2)13-25)32(28,29)21-9-8-18(7-6-17(3)26)10-19(21)31-20(15)12-23(4)22(27)14-30-5/h8-10,15-17,20,25-26H,11-14H2,1-5H3/t15-,16-,17+,20-/m1/s1. The maximum absolute atomic E-state index is 13.4. The van der Waals surface area contributed by atoms with Gasteiger partial charge in [-0.15, -0.1) is 0 Å². The quantitative estimate of drug-likeness (QED) is 0.577. The number of likely N-dealkylation sites (N-methyl/N-ethyl adjacent to an activating group) is 1. The number of rotatable bonds is 6. The van der Waals surface area contributed by atoms with Gasteiger partial charge in [-0.3, -0.25) is 4.79 Å². The van der Waals surface area contributed by atoms with Gasteiger partial charge in [-0.25, -0.2) is 8.42 Å². The Morgan fingerprint density at radius 3 is 2.69 bits per heavy atom. The van der Waals surface area contributed by atoms with E-state index >= 15 is 0 Å². The van der Waals surface area contributed by atoms with Gasteiger partial charge in [0.15, 0.2) is 0 Å². The number of ether oxygens (including phenoxy) is 2. The van der Waals surface area contributed by atoms with E-state index in [4.69, 9.17) is 9.47 Å². The van der Waals surface area contributed by atoms with E-state index in [2.05, 4.69) is 11.8 Å². The van der Waals surface area contributed by atoms with Gasteiger partial charge in [-0.1, -0.05) is 18.8 Å². The Labute approximate surface area is 190 Å². The largest absolute Gasteiger partial charge is 0.487 e. The molecule has 2 N–H and O–H groups in total. The molecule has 0 fully saturated rings. The molecule has 0 saturated heterocycles. The van der Waals surface area contributed by atoms with Crippen LogP contribution in [0.4, 0.5) is 0 Å². The lowest BCUT2D eigenvalue weighted by Crippen LogP contribution is -2.50. The number of nitrogens with zero attached hydrogens (tertiary/aromatic N) is 2. The van der Waals surface area contributed by atoms with Crippen LogP contribution in [0.2, 0.25) is 0 Å². The van der Waals surface area contributed by atoms with Crippen molar-refractivity contribution in [2.24, 2.45) is 5.92 Å². The zero-order valence-electron chi connectivity index (χ0n) is 19.1. The number of sulfonamides is 1. The third kappa shape index (κ3) is 6.21. The topological polar surface area (TPSA) is 117 Å². The Kier molecular flexibility index (Phi) is 9.07. The monoisotopic (exact) mass is 468 g/mol. The number of carbonyl (C=O) groups excluding carboxylic acids is 1. The molecule has 0 aliphatic carbocycles. The summed E-state index contributed by atoms with van der Waals surface area (Å²) in [6, 6.07) is 3.84. The molecule has 1 amide bonds. The van der Waals surface area contributed by atoms with Gasteiger partial charge >= 0.3 is 0 Å². The van der Waals surface area contributed by atoms with E-state index < -0.39 is 28.3 Å². The summed E-state index contributed by atoms with van der Waals surface area (Å²) in [4.78, 5) is 13.7. The highest BCUT2D eigenvalue weighted by Gasteiger charge is 2.38. The van der Waals surface area contributed by atoms with Gasteiger partial charge in [-0.05, 0) is 32.0 Å². The van der Waals surface area contributed by atoms with Crippen LogP contribution in [-0.2, 0) is 19.6 Å². The number of carbonyl (C=O) groups is 1. The summed E-state index contributed by atoms with van der Waals surface area (Å²) in [5.74, 6) is 5.01. The first-order valence-electron chi connectivity index (χ1n) is 10.4. The van der Waals surface area contributed by atoms with Gasteiger partial charge < -0.3 is 24.6 Å². The van der Waals surface area contributed by atoms with Crippen molar-refractivity contribution in [1.82, 2.24) is 9.21 Å². The van der Waals surface area contributed by atoms with E-state index in [1.165, 1.54) is 35.4 Å². The van der Waals surface area contributed by atoms with E-state index in [-0.39, 0.29) is 48.8 Å². The number of hydrogen-bond acceptors (Lipinski definition) is 7. The number of methoxy groups -OCH3 is 1. The summed E-state index contributed by atoms with van der Waals surface area (Å²) in [7, 11) is -0.894. The van der Waals surface area contributed by atoms with Crippen LogP contribution in [0.25, 0.3) is 0 Å². The molecular formula is C22H32N2O7S. The first-order chi connectivity index (χ1) is 15.0. The lowest BCUT2D eigenvalue weighted by Gasteiger charge is -2.37. The average molecular weight is 469 g/mol. The molecule has 10 heteroatoms. The minimum absolute atomic E-state index is 0.0387. The van der Waals surface area contributed by atoms with Crippen molar-refractivity contribution < 1.29 is 32.9 Å². The zero-order valence-corrected chi connectivity index (χ0v) is 19.9. The van der Waals surface area contributed by atoms with Crippen LogP contribution in [0.1, 0.15) is 26.3 Å². The Bertz CT molecular complexity index is 968. The average Bonchev–Trinajstić information content (AvgIpc) is 2.74. The number of amides is 1. The first kappa shape index (κ1) is 26.1. The van der Waals surface area contributed by atoms with Crippen molar-refractivity contribution >= 4 is 15.9 Å². The highest BCUT2D eigenvalue weighted by atomic mass is 32.2. The Morgan fingerprint density at radius 1 is 1.41 bits per heavy atom. The van der Waals surface area contributed by atoms with Gasteiger partial charge in [0.25, 0.3) is 0 Å². The molecule has 178 valence electrons. The number of benzene rings is 1. The molecule has 0 bridgehead atoms. The summed E-state index contributed by atoms with van der Waals surface area (Å²) in [5.41, 5.74) is 0.484. The lowest BCUT2D eigenvalue weighted by atomic mass is 10.0. The molecule has 1 aliphatic heterocycles. The Hall–Kier alpha value is -2.16. The van der Waals surface area contributed by atoms with E-state index in [0.717, 1.165) is 0 Å². The van der Waals surface area contributed by atoms with E-state index in [1.54, 1.807) is 20.0 Å². The predicted octanol–water partition coefficient (Wildman–Crippen LogP) is 0.292. The molecule has 1 aromatic carbocycles. The molecule has 0 radical (unpaired) electrons. The van der Waals surface area contributed by atoms with Gasteiger partial charge in [-0.2, -0.15) is 4.31 Å². The van der Waals surface area contributed by atoms with Crippen LogP contribution in [0.3, 0.4) is 0 Å². The molecule has 4 atom stereocenters. The van der Waals surface area contributed by atoms with Crippen molar-refractivity contribution in [1.29, 1.82) is 0 Å². The van der Waals surface area contributed by atoms with Crippen molar-refractivity contribution in [3.63, 3.8) is 0 Å². The third-order valence-corrected chi connectivity index (χ3v) is 7.26. The van der Waals surface area contributed by atoms with Crippen LogP contribution in [-0.4, -0.2) is 92.5 Å². The molecule has 1 heterocycles. The van der Waals surface area contributed by atoms with E-state index in [9.17, 15) is 23.4 Å². The number of aliphatic hydroxyl groups excluding tert-OH is 2. The van der Waals surface area contributed by atoms with Crippen LogP contribution in [0.5, 0.6) is 5.75 Å². The van der Waals surface area contributed by atoms with Crippen molar-refractivity contribution in [3.8, 4) is 17.6 Å². The summed E-state index contributed by atoms with van der Waals surface area (Å²) < 4.78 is 39.1. The molecule has 9 nitrogen and oxygen atoms in total. The number of aliphatic hydroxyl groups is 2. The normalized spacial score (nSPS) is 22.2. The molecule has 0 saturated carbocycles. The summed E-state index contributed by atoms with van der Waals surface area (Å²) >= 11 is 0. The van der Waals surface area contributed by atoms with Crippen LogP contribution < -0.4 is 4.74 Å². The van der Waals surface area contributed by atoms with Gasteiger partial charge in [0, 0.05) is 38.2 Å². The molecule has 1 aliphatic rings. The molecular weight excluding hydrogens is 436 g/mol. The highest BCUT2D eigenvalue weighted by molar-refractivity contribution is 7.89. The van der Waals surface area contributed by atoms with Crippen molar-refractivity contribution in [2.75, 3.05) is 40.5 Å². The summed E-state index contributed by atoms with van der Waals surface area (Å²) in [6.45, 7) is 4.93. The maximum Gasteiger partial charge on any atom is 0.248 e. The second kappa shape index (κ2) is 11.1.